The Labute approximate surface area is 207 Å². The number of nitrogens with zero attached hydrogens (tertiary/aromatic N) is 3. The molecule has 0 bridgehead atoms. The second kappa shape index (κ2) is 10.2. The number of ether oxygens (including phenoxy) is 1. The fourth-order valence-electron chi connectivity index (χ4n) is 4.00. The Kier molecular flexibility index (Phi) is 7.37. The molecule has 3 aromatic rings. The summed E-state index contributed by atoms with van der Waals surface area (Å²) in [6, 6.07) is 19.0. The van der Waals surface area contributed by atoms with Crippen LogP contribution in [0.1, 0.15) is 31.9 Å². The molecule has 1 aliphatic heterocycles. The van der Waals surface area contributed by atoms with Crippen LogP contribution in [0.15, 0.2) is 65.4 Å². The smallest absolute Gasteiger partial charge is 0.269 e. The van der Waals surface area contributed by atoms with Crippen LogP contribution in [0.5, 0.6) is 5.75 Å². The van der Waals surface area contributed by atoms with Crippen LogP contribution in [0.3, 0.4) is 0 Å². The Balaban J connectivity index is 1.35. The lowest BCUT2D eigenvalue weighted by Crippen LogP contribution is -2.46. The minimum Gasteiger partial charge on any atom is -0.432 e. The topological polar surface area (TPSA) is 19.0 Å². The van der Waals surface area contributed by atoms with Gasteiger partial charge in [0, 0.05) is 51.1 Å². The first-order valence-electron chi connectivity index (χ1n) is 11.4. The number of rotatable bonds is 5. The first kappa shape index (κ1) is 23.7. The summed E-state index contributed by atoms with van der Waals surface area (Å²) in [5, 5.41) is 4.84. The quantitative estimate of drug-likeness (QED) is 0.406. The molecule has 2 heterocycles. The van der Waals surface area contributed by atoms with Crippen LogP contribution in [0.2, 0.25) is 0 Å². The van der Waals surface area contributed by atoms with Gasteiger partial charge in [-0.3, -0.25) is 4.90 Å². The van der Waals surface area contributed by atoms with E-state index in [0.29, 0.717) is 5.17 Å². The number of thiocarbonyl (C=S) groups is 1. The average Bonchev–Trinajstić information content (AvgIpc) is 3.32. The molecule has 0 spiro atoms. The van der Waals surface area contributed by atoms with E-state index < -0.39 is 0 Å². The Morgan fingerprint density at radius 1 is 1.03 bits per heavy atom. The molecule has 0 unspecified atom stereocenters. The van der Waals surface area contributed by atoms with Crippen molar-refractivity contribution in [2.45, 2.75) is 32.7 Å². The zero-order valence-electron chi connectivity index (χ0n) is 20.0. The molecule has 4 nitrogen and oxygen atoms in total. The van der Waals surface area contributed by atoms with Gasteiger partial charge in [0.2, 0.25) is 0 Å². The maximum atomic E-state index is 5.99. The van der Waals surface area contributed by atoms with Gasteiger partial charge >= 0.3 is 0 Å². The van der Waals surface area contributed by atoms with E-state index in [1.165, 1.54) is 16.8 Å². The number of anilines is 2. The summed E-state index contributed by atoms with van der Waals surface area (Å²) in [6.45, 7) is 11.9. The van der Waals surface area contributed by atoms with Crippen molar-refractivity contribution in [2.24, 2.45) is 0 Å². The lowest BCUT2D eigenvalue weighted by Gasteiger charge is -2.36. The number of hydrogen-bond acceptors (Lipinski definition) is 5. The Hall–Kier alpha value is -2.41. The van der Waals surface area contributed by atoms with E-state index in [1.807, 2.05) is 24.1 Å². The minimum absolute atomic E-state index is 0.117. The van der Waals surface area contributed by atoms with E-state index in [2.05, 4.69) is 83.8 Å². The van der Waals surface area contributed by atoms with Gasteiger partial charge in [-0.1, -0.05) is 39.0 Å². The fourth-order valence-corrected chi connectivity index (χ4v) is 4.86. The van der Waals surface area contributed by atoms with Crippen LogP contribution >= 0.6 is 23.6 Å². The third-order valence-electron chi connectivity index (χ3n) is 6.14. The standard InChI is InChI=1S/C27H33N3OS2/c1-27(2,3)22-8-10-25(11-9-22)31-26(32)28(4)23-6-5-7-24(18-23)30-15-13-29(14-16-30)19-21-12-17-33-20-21/h5-12,17-18,20H,13-16,19H2,1-4H3. The molecule has 33 heavy (non-hydrogen) atoms. The van der Waals surface area contributed by atoms with E-state index in [9.17, 15) is 0 Å². The summed E-state index contributed by atoms with van der Waals surface area (Å²) in [7, 11) is 1.96. The first-order chi connectivity index (χ1) is 15.8. The molecule has 6 heteroatoms. The molecule has 0 radical (unpaired) electrons. The van der Waals surface area contributed by atoms with Crippen molar-refractivity contribution in [1.29, 1.82) is 0 Å². The number of benzene rings is 2. The van der Waals surface area contributed by atoms with Crippen molar-refractivity contribution >= 4 is 40.1 Å². The van der Waals surface area contributed by atoms with Gasteiger partial charge in [0.25, 0.3) is 5.17 Å². The van der Waals surface area contributed by atoms with Crippen LogP contribution in [0, 0.1) is 0 Å². The summed E-state index contributed by atoms with van der Waals surface area (Å²) >= 11 is 7.37. The Bertz CT molecular complexity index is 1050. The van der Waals surface area contributed by atoms with Gasteiger partial charge in [-0.2, -0.15) is 11.3 Å². The highest BCUT2D eigenvalue weighted by Gasteiger charge is 2.19. The molecule has 0 aliphatic carbocycles. The van der Waals surface area contributed by atoms with E-state index in [4.69, 9.17) is 17.0 Å². The molecule has 174 valence electrons. The lowest BCUT2D eigenvalue weighted by atomic mass is 9.87. The van der Waals surface area contributed by atoms with Crippen LogP contribution in [-0.4, -0.2) is 43.3 Å². The molecule has 0 atom stereocenters. The molecule has 1 aliphatic rings. The molecule has 1 aromatic heterocycles. The molecule has 4 rings (SSSR count). The predicted molar refractivity (Wildman–Crippen MR) is 145 cm³/mol. The summed E-state index contributed by atoms with van der Waals surface area (Å²) in [5.74, 6) is 0.762. The Morgan fingerprint density at radius 2 is 1.76 bits per heavy atom. The summed E-state index contributed by atoms with van der Waals surface area (Å²) in [6.07, 6.45) is 0. The van der Waals surface area contributed by atoms with E-state index in [1.54, 1.807) is 11.3 Å². The van der Waals surface area contributed by atoms with Gasteiger partial charge in [0.05, 0.1) is 0 Å². The molecule has 0 amide bonds. The predicted octanol–water partition coefficient (Wildman–Crippen LogP) is 6.17. The SMILES string of the molecule is CN(C(=S)Oc1ccc(C(C)(C)C)cc1)c1cccc(N2CCN(Cc3ccsc3)CC2)c1. The highest BCUT2D eigenvalue weighted by molar-refractivity contribution is 7.80. The number of hydrogen-bond donors (Lipinski definition) is 0. The summed E-state index contributed by atoms with van der Waals surface area (Å²) in [5.41, 5.74) is 5.07. The second-order valence-corrected chi connectivity index (χ2v) is 10.7. The largest absolute Gasteiger partial charge is 0.432 e. The summed E-state index contributed by atoms with van der Waals surface area (Å²) in [4.78, 5) is 6.92. The maximum absolute atomic E-state index is 5.99. The van der Waals surface area contributed by atoms with Crippen LogP contribution < -0.4 is 14.5 Å². The zero-order valence-corrected chi connectivity index (χ0v) is 21.6. The normalized spacial score (nSPS) is 14.8. The molecule has 1 saturated heterocycles. The highest BCUT2D eigenvalue weighted by atomic mass is 32.1. The molecule has 2 aromatic carbocycles. The van der Waals surface area contributed by atoms with Crippen molar-refractivity contribution in [1.82, 2.24) is 4.90 Å². The van der Waals surface area contributed by atoms with Crippen molar-refractivity contribution in [2.75, 3.05) is 43.0 Å². The van der Waals surface area contributed by atoms with E-state index in [-0.39, 0.29) is 5.41 Å². The molecular weight excluding hydrogens is 446 g/mol. The van der Waals surface area contributed by atoms with Gasteiger partial charge in [-0.15, -0.1) is 0 Å². The van der Waals surface area contributed by atoms with Gasteiger partial charge < -0.3 is 14.5 Å². The molecule has 1 fully saturated rings. The van der Waals surface area contributed by atoms with Crippen molar-refractivity contribution in [3.05, 3.63) is 76.5 Å². The summed E-state index contributed by atoms with van der Waals surface area (Å²) < 4.78 is 5.99. The first-order valence-corrected chi connectivity index (χ1v) is 12.8. The fraction of sp³-hybridized carbons (Fsp3) is 0.370. The monoisotopic (exact) mass is 479 g/mol. The second-order valence-electron chi connectivity index (χ2n) is 9.62. The van der Waals surface area contributed by atoms with E-state index in [0.717, 1.165) is 44.2 Å². The van der Waals surface area contributed by atoms with Crippen molar-refractivity contribution in [3.63, 3.8) is 0 Å². The highest BCUT2D eigenvalue weighted by Crippen LogP contribution is 2.26. The van der Waals surface area contributed by atoms with Crippen LogP contribution in [-0.2, 0) is 12.0 Å². The van der Waals surface area contributed by atoms with E-state index >= 15 is 0 Å². The Morgan fingerprint density at radius 3 is 2.39 bits per heavy atom. The van der Waals surface area contributed by atoms with Crippen LogP contribution in [0.25, 0.3) is 0 Å². The molecule has 0 N–H and O–H groups in total. The lowest BCUT2D eigenvalue weighted by molar-refractivity contribution is 0.250. The third kappa shape index (κ3) is 6.14. The van der Waals surface area contributed by atoms with Gasteiger partial charge in [-0.05, 0) is 75.9 Å². The maximum Gasteiger partial charge on any atom is 0.269 e. The van der Waals surface area contributed by atoms with Crippen molar-refractivity contribution < 1.29 is 4.74 Å². The van der Waals surface area contributed by atoms with Gasteiger partial charge in [0.15, 0.2) is 0 Å². The average molecular weight is 480 g/mol. The zero-order chi connectivity index (χ0) is 23.4. The minimum atomic E-state index is 0.117. The van der Waals surface area contributed by atoms with Gasteiger partial charge in [-0.25, -0.2) is 0 Å². The molecule has 0 saturated carbocycles. The van der Waals surface area contributed by atoms with Gasteiger partial charge in [0.1, 0.15) is 5.75 Å². The third-order valence-corrected chi connectivity index (χ3v) is 7.23. The molecular formula is C27H33N3OS2. The van der Waals surface area contributed by atoms with Crippen molar-refractivity contribution in [3.8, 4) is 5.75 Å². The number of piperazine rings is 1. The van der Waals surface area contributed by atoms with Crippen LogP contribution in [0.4, 0.5) is 11.4 Å². The number of thiophene rings is 1.